The van der Waals surface area contributed by atoms with Crippen LogP contribution >= 0.6 is 11.8 Å². The number of fused-ring (bicyclic) bond motifs is 1. The van der Waals surface area contributed by atoms with Gasteiger partial charge in [-0.15, -0.1) is 16.8 Å². The molecule has 0 aliphatic carbocycles. The lowest BCUT2D eigenvalue weighted by atomic mass is 10.1. The largest absolute Gasteiger partial charge is 0.467 e. The molecule has 0 aliphatic heterocycles. The van der Waals surface area contributed by atoms with E-state index in [0.717, 1.165) is 28.4 Å². The van der Waals surface area contributed by atoms with E-state index in [-0.39, 0.29) is 11.7 Å². The molecule has 1 aromatic carbocycles. The van der Waals surface area contributed by atoms with Gasteiger partial charge in [0.05, 0.1) is 18.6 Å². The van der Waals surface area contributed by atoms with Gasteiger partial charge in [0.2, 0.25) is 5.91 Å². The minimum Gasteiger partial charge on any atom is -0.467 e. The Labute approximate surface area is 178 Å². The Kier molecular flexibility index (Phi) is 5.76. The third-order valence-electron chi connectivity index (χ3n) is 4.97. The van der Waals surface area contributed by atoms with Gasteiger partial charge in [0.25, 0.3) is 0 Å². The van der Waals surface area contributed by atoms with Gasteiger partial charge in [-0.05, 0) is 49.7 Å². The van der Waals surface area contributed by atoms with E-state index < -0.39 is 0 Å². The average Bonchev–Trinajstić information content (AvgIpc) is 3.46. The fourth-order valence-corrected chi connectivity index (χ4v) is 4.06. The predicted molar refractivity (Wildman–Crippen MR) is 118 cm³/mol. The molecule has 0 unspecified atom stereocenters. The molecule has 0 aliphatic rings. The maximum absolute atomic E-state index is 12.2. The number of hydrogen-bond acceptors (Lipinski definition) is 5. The second-order valence-electron chi connectivity index (χ2n) is 6.99. The molecular weight excluding hydrogens is 398 g/mol. The Bertz CT molecular complexity index is 1190. The number of nitrogens with zero attached hydrogens (tertiary/aromatic N) is 3. The highest BCUT2D eigenvalue weighted by molar-refractivity contribution is 7.99. The summed E-state index contributed by atoms with van der Waals surface area (Å²) in [7, 11) is 0. The summed E-state index contributed by atoms with van der Waals surface area (Å²) in [5, 5.41) is 13.4. The van der Waals surface area contributed by atoms with E-state index in [9.17, 15) is 4.79 Å². The zero-order valence-electron chi connectivity index (χ0n) is 16.9. The summed E-state index contributed by atoms with van der Waals surface area (Å²) in [6.45, 7) is 8.95. The Morgan fingerprint density at radius 2 is 2.20 bits per heavy atom. The molecule has 0 saturated heterocycles. The van der Waals surface area contributed by atoms with Crippen molar-refractivity contribution in [2.45, 2.75) is 32.1 Å². The molecule has 0 bridgehead atoms. The number of rotatable bonds is 8. The number of nitrogens with one attached hydrogen (secondary N) is 2. The Morgan fingerprint density at radius 3 is 2.97 bits per heavy atom. The van der Waals surface area contributed by atoms with Crippen LogP contribution in [0.25, 0.3) is 22.3 Å². The van der Waals surface area contributed by atoms with Gasteiger partial charge in [-0.3, -0.25) is 9.36 Å². The van der Waals surface area contributed by atoms with E-state index in [2.05, 4.69) is 53.1 Å². The molecule has 3 heterocycles. The third-order valence-corrected chi connectivity index (χ3v) is 5.93. The third kappa shape index (κ3) is 4.04. The number of carbonyl (C=O) groups excluding carboxylic acids is 1. The Morgan fingerprint density at radius 1 is 1.33 bits per heavy atom. The fraction of sp³-hybridized carbons (Fsp3) is 0.227. The van der Waals surface area contributed by atoms with Crippen LogP contribution in [-0.4, -0.2) is 31.4 Å². The number of aromatic nitrogens is 4. The van der Waals surface area contributed by atoms with E-state index in [1.807, 2.05) is 16.7 Å². The minimum atomic E-state index is -0.0917. The molecule has 4 aromatic rings. The molecule has 154 valence electrons. The van der Waals surface area contributed by atoms with Crippen molar-refractivity contribution in [3.63, 3.8) is 0 Å². The van der Waals surface area contributed by atoms with E-state index >= 15 is 0 Å². The second-order valence-corrected chi connectivity index (χ2v) is 7.93. The van der Waals surface area contributed by atoms with Crippen molar-refractivity contribution in [2.24, 2.45) is 0 Å². The lowest BCUT2D eigenvalue weighted by Crippen LogP contribution is -2.24. The molecule has 30 heavy (non-hydrogen) atoms. The summed E-state index contributed by atoms with van der Waals surface area (Å²) in [6, 6.07) is 9.84. The lowest BCUT2D eigenvalue weighted by molar-refractivity contribution is -0.118. The number of thioether (sulfide) groups is 1. The zero-order chi connectivity index (χ0) is 21.1. The topological polar surface area (TPSA) is 88.7 Å². The summed E-state index contributed by atoms with van der Waals surface area (Å²) < 4.78 is 7.21. The zero-order valence-corrected chi connectivity index (χ0v) is 17.8. The Balaban J connectivity index is 1.52. The van der Waals surface area contributed by atoms with Gasteiger partial charge in [-0.1, -0.05) is 17.8 Å². The first-order valence-corrected chi connectivity index (χ1v) is 10.6. The molecule has 0 spiro atoms. The van der Waals surface area contributed by atoms with Crippen molar-refractivity contribution >= 4 is 28.6 Å². The van der Waals surface area contributed by atoms with Crippen LogP contribution in [0.15, 0.2) is 58.8 Å². The highest BCUT2D eigenvalue weighted by Gasteiger charge is 2.16. The quantitative estimate of drug-likeness (QED) is 0.328. The highest BCUT2D eigenvalue weighted by atomic mass is 32.2. The number of hydrogen-bond donors (Lipinski definition) is 2. The number of H-pyrrole nitrogens is 1. The van der Waals surface area contributed by atoms with Gasteiger partial charge in [0.15, 0.2) is 11.0 Å². The van der Waals surface area contributed by atoms with Gasteiger partial charge >= 0.3 is 0 Å². The standard InChI is InChI=1S/C22H23N5O2S/c1-4-9-27-21(16-7-8-19-18(11-16)14(2)15(3)24-19)25-26-22(27)30-13-20(28)23-12-17-6-5-10-29-17/h4-8,10-11,24H,1,9,12-13H2,2-3H3,(H,23,28). The van der Waals surface area contributed by atoms with Crippen LogP contribution in [-0.2, 0) is 17.9 Å². The van der Waals surface area contributed by atoms with Crippen molar-refractivity contribution in [3.8, 4) is 11.4 Å². The summed E-state index contributed by atoms with van der Waals surface area (Å²) in [5.41, 5.74) is 4.47. The maximum atomic E-state index is 12.2. The average molecular weight is 422 g/mol. The minimum absolute atomic E-state index is 0.0917. The van der Waals surface area contributed by atoms with E-state index in [1.165, 1.54) is 22.7 Å². The number of aromatic amines is 1. The Hall–Kier alpha value is -3.26. The van der Waals surface area contributed by atoms with Crippen molar-refractivity contribution in [1.29, 1.82) is 0 Å². The van der Waals surface area contributed by atoms with Crippen molar-refractivity contribution < 1.29 is 9.21 Å². The number of carbonyl (C=O) groups is 1. The van der Waals surface area contributed by atoms with Gasteiger partial charge in [0, 0.05) is 28.7 Å². The van der Waals surface area contributed by atoms with Crippen LogP contribution < -0.4 is 5.32 Å². The maximum Gasteiger partial charge on any atom is 0.230 e. The van der Waals surface area contributed by atoms with Gasteiger partial charge in [-0.2, -0.15) is 0 Å². The summed E-state index contributed by atoms with van der Waals surface area (Å²) in [5.74, 6) is 1.63. The monoisotopic (exact) mass is 421 g/mol. The molecule has 0 saturated carbocycles. The summed E-state index contributed by atoms with van der Waals surface area (Å²) in [4.78, 5) is 15.6. The molecule has 0 fully saturated rings. The molecule has 2 N–H and O–H groups in total. The van der Waals surface area contributed by atoms with Gasteiger partial charge in [-0.25, -0.2) is 0 Å². The smallest absolute Gasteiger partial charge is 0.230 e. The van der Waals surface area contributed by atoms with Crippen molar-refractivity contribution in [3.05, 3.63) is 66.3 Å². The molecule has 3 aromatic heterocycles. The molecule has 4 rings (SSSR count). The normalized spacial score (nSPS) is 11.1. The lowest BCUT2D eigenvalue weighted by Gasteiger charge is -2.08. The number of furan rings is 1. The number of amides is 1. The van der Waals surface area contributed by atoms with Crippen LogP contribution in [0.2, 0.25) is 0 Å². The van der Waals surface area contributed by atoms with E-state index in [0.29, 0.717) is 18.2 Å². The molecule has 1 amide bonds. The van der Waals surface area contributed by atoms with Crippen LogP contribution in [0, 0.1) is 13.8 Å². The van der Waals surface area contributed by atoms with Crippen LogP contribution in [0.1, 0.15) is 17.0 Å². The molecule has 7 nitrogen and oxygen atoms in total. The van der Waals surface area contributed by atoms with Gasteiger partial charge < -0.3 is 14.7 Å². The second kappa shape index (κ2) is 8.62. The van der Waals surface area contributed by atoms with Crippen LogP contribution in [0.3, 0.4) is 0 Å². The molecule has 0 radical (unpaired) electrons. The predicted octanol–water partition coefficient (Wildman–Crippen LogP) is 4.23. The highest BCUT2D eigenvalue weighted by Crippen LogP contribution is 2.29. The van der Waals surface area contributed by atoms with Crippen LogP contribution in [0.4, 0.5) is 0 Å². The van der Waals surface area contributed by atoms with E-state index in [4.69, 9.17) is 4.42 Å². The molecular formula is C22H23N5O2S. The number of aryl methyl sites for hydroxylation is 2. The first kappa shape index (κ1) is 20.0. The number of benzene rings is 1. The van der Waals surface area contributed by atoms with Crippen molar-refractivity contribution in [1.82, 2.24) is 25.1 Å². The van der Waals surface area contributed by atoms with Crippen molar-refractivity contribution in [2.75, 3.05) is 5.75 Å². The van der Waals surface area contributed by atoms with Crippen LogP contribution in [0.5, 0.6) is 0 Å². The SMILES string of the molecule is C=CCn1c(SCC(=O)NCc2ccco2)nnc1-c1ccc2[nH]c(C)c(C)c2c1. The van der Waals surface area contributed by atoms with E-state index in [1.54, 1.807) is 18.4 Å². The first-order chi connectivity index (χ1) is 14.6. The fourth-order valence-electron chi connectivity index (χ4n) is 3.28. The number of allylic oxidation sites excluding steroid dienone is 1. The summed E-state index contributed by atoms with van der Waals surface area (Å²) >= 11 is 1.35. The van der Waals surface area contributed by atoms with Gasteiger partial charge in [0.1, 0.15) is 5.76 Å². The molecule has 8 heteroatoms. The first-order valence-electron chi connectivity index (χ1n) is 9.62. The summed E-state index contributed by atoms with van der Waals surface area (Å²) in [6.07, 6.45) is 3.39. The molecule has 0 atom stereocenters.